The lowest BCUT2D eigenvalue weighted by molar-refractivity contribution is 0.103. The molecule has 2 heterocycles. The summed E-state index contributed by atoms with van der Waals surface area (Å²) in [5.74, 6) is 5.65. The van der Waals surface area contributed by atoms with Crippen LogP contribution in [0.5, 0.6) is 11.5 Å². The summed E-state index contributed by atoms with van der Waals surface area (Å²) in [7, 11) is 1.70. The van der Waals surface area contributed by atoms with Crippen molar-refractivity contribution in [3.8, 4) is 11.5 Å². The van der Waals surface area contributed by atoms with E-state index in [4.69, 9.17) is 20.6 Å². The van der Waals surface area contributed by atoms with Crippen molar-refractivity contribution in [3.63, 3.8) is 0 Å². The number of phenolic OH excluding ortho intramolecular Hbond substituents is 1. The Kier molecular flexibility index (Phi) is 15.8. The number of hydrogen-bond donors (Lipinski definition) is 9. The number of aromatic amines is 1. The topological polar surface area (TPSA) is 208 Å². The van der Waals surface area contributed by atoms with Crippen LogP contribution in [0.3, 0.4) is 0 Å². The van der Waals surface area contributed by atoms with Crippen molar-refractivity contribution in [2.24, 2.45) is 45.5 Å². The van der Waals surface area contributed by atoms with E-state index in [9.17, 15) is 20.4 Å². The average Bonchev–Trinajstić information content (AvgIpc) is 3.99. The van der Waals surface area contributed by atoms with Gasteiger partial charge >= 0.3 is 0 Å². The van der Waals surface area contributed by atoms with Crippen molar-refractivity contribution in [2.75, 3.05) is 33.3 Å². The summed E-state index contributed by atoms with van der Waals surface area (Å²) in [6.45, 7) is 6.20. The number of nitrogens with one attached hydrogen (secondary N) is 3. The lowest BCUT2D eigenvalue weighted by Gasteiger charge is -2.41. The van der Waals surface area contributed by atoms with Crippen LogP contribution in [0, 0.1) is 29.1 Å². The summed E-state index contributed by atoms with van der Waals surface area (Å²) in [5, 5.41) is 49.1. The number of aliphatic hydroxyl groups is 3. The number of benzene rings is 1. The summed E-state index contributed by atoms with van der Waals surface area (Å²) >= 11 is 0. The molecule has 10 atom stereocenters. The SMILES string of the molecule is CN=C(N)NCC(C)CCC1CCC(N)CC1CCCCc1oc(CCc2ccc(O)c(OCC(O)c3cc4c([nH]3)C3C=CC5(CCCC5C3)C4CNCC(C)O)c2)cc1CO. The molecule has 1 spiro atoms. The number of aryl methyl sites for hydroxylation is 3. The molecule has 12 heteroatoms. The van der Waals surface area contributed by atoms with Crippen molar-refractivity contribution in [2.45, 2.75) is 147 Å². The van der Waals surface area contributed by atoms with Crippen LogP contribution >= 0.6 is 0 Å². The van der Waals surface area contributed by atoms with Crippen LogP contribution in [0.4, 0.5) is 0 Å². The van der Waals surface area contributed by atoms with Crippen molar-refractivity contribution >= 4 is 5.96 Å². The lowest BCUT2D eigenvalue weighted by atomic mass is 9.64. The van der Waals surface area contributed by atoms with Gasteiger partial charge in [-0.2, -0.15) is 0 Å². The number of hydrogen-bond acceptors (Lipinski definition) is 9. The van der Waals surface area contributed by atoms with Gasteiger partial charge in [0, 0.05) is 74.4 Å². The van der Waals surface area contributed by atoms with Gasteiger partial charge in [-0.3, -0.25) is 4.99 Å². The lowest BCUT2D eigenvalue weighted by Crippen LogP contribution is -2.39. The van der Waals surface area contributed by atoms with Crippen LogP contribution in [-0.2, 0) is 25.9 Å². The van der Waals surface area contributed by atoms with Gasteiger partial charge in [-0.25, -0.2) is 0 Å². The molecule has 62 heavy (non-hydrogen) atoms. The molecule has 2 bridgehead atoms. The van der Waals surface area contributed by atoms with Gasteiger partial charge < -0.3 is 56.7 Å². The van der Waals surface area contributed by atoms with Gasteiger partial charge in [0.1, 0.15) is 24.2 Å². The fraction of sp³-hybridized carbons (Fsp3) is 0.660. The van der Waals surface area contributed by atoms with Crippen LogP contribution in [0.2, 0.25) is 0 Å². The molecule has 0 saturated heterocycles. The number of furan rings is 1. The molecule has 0 radical (unpaired) electrons. The fourth-order valence-electron chi connectivity index (χ4n) is 11.6. The van der Waals surface area contributed by atoms with Gasteiger partial charge in [-0.15, -0.1) is 0 Å². The zero-order valence-electron chi connectivity index (χ0n) is 37.6. The summed E-state index contributed by atoms with van der Waals surface area (Å²) in [6.07, 6.45) is 19.5. The predicted molar refractivity (Wildman–Crippen MR) is 245 cm³/mol. The Hall–Kier alpha value is -3.81. The Balaban J connectivity index is 0.900. The quantitative estimate of drug-likeness (QED) is 0.0219. The van der Waals surface area contributed by atoms with Crippen LogP contribution in [-0.4, -0.2) is 76.8 Å². The Morgan fingerprint density at radius 1 is 1.03 bits per heavy atom. The summed E-state index contributed by atoms with van der Waals surface area (Å²) < 4.78 is 12.4. The first-order chi connectivity index (χ1) is 30.0. The van der Waals surface area contributed by atoms with E-state index in [0.29, 0.717) is 66.7 Å². The van der Waals surface area contributed by atoms with E-state index in [0.717, 1.165) is 86.4 Å². The zero-order valence-corrected chi connectivity index (χ0v) is 37.6. The third-order valence-electron chi connectivity index (χ3n) is 15.1. The molecule has 5 aliphatic rings. The normalized spacial score (nSPS) is 27.1. The Morgan fingerprint density at radius 3 is 2.69 bits per heavy atom. The monoisotopic (exact) mass is 857 g/mol. The highest BCUT2D eigenvalue weighted by Gasteiger charge is 2.53. The van der Waals surface area contributed by atoms with Gasteiger partial charge in [0.25, 0.3) is 0 Å². The van der Waals surface area contributed by atoms with E-state index in [1.165, 1.54) is 49.8 Å². The van der Waals surface area contributed by atoms with E-state index >= 15 is 0 Å². The largest absolute Gasteiger partial charge is 0.504 e. The van der Waals surface area contributed by atoms with Crippen LogP contribution < -0.4 is 26.8 Å². The second kappa shape index (κ2) is 21.2. The third-order valence-corrected chi connectivity index (χ3v) is 15.1. The van der Waals surface area contributed by atoms with Gasteiger partial charge in [0.2, 0.25) is 0 Å². The zero-order chi connectivity index (χ0) is 43.8. The molecule has 342 valence electrons. The number of nitrogens with two attached hydrogens (primary N) is 2. The summed E-state index contributed by atoms with van der Waals surface area (Å²) in [4.78, 5) is 7.62. The number of aromatic nitrogens is 1. The highest BCUT2D eigenvalue weighted by Crippen LogP contribution is 2.62. The molecule has 11 N–H and O–H groups in total. The average molecular weight is 857 g/mol. The van der Waals surface area contributed by atoms with E-state index in [2.05, 4.69) is 45.8 Å². The molecular formula is C50H76N6O6. The van der Waals surface area contributed by atoms with E-state index in [-0.39, 0.29) is 30.3 Å². The number of aliphatic hydroxyl groups excluding tert-OH is 3. The smallest absolute Gasteiger partial charge is 0.188 e. The first-order valence-electron chi connectivity index (χ1n) is 23.8. The van der Waals surface area contributed by atoms with Crippen molar-refractivity contribution in [1.29, 1.82) is 0 Å². The van der Waals surface area contributed by atoms with Gasteiger partial charge in [-0.1, -0.05) is 44.4 Å². The van der Waals surface area contributed by atoms with Gasteiger partial charge in [-0.05, 0) is 136 Å². The Bertz CT molecular complexity index is 1960. The van der Waals surface area contributed by atoms with Crippen molar-refractivity contribution in [1.82, 2.24) is 15.6 Å². The minimum absolute atomic E-state index is 0.00664. The molecule has 12 nitrogen and oxygen atoms in total. The van der Waals surface area contributed by atoms with Gasteiger partial charge in [0.05, 0.1) is 12.7 Å². The molecule has 2 saturated carbocycles. The maximum Gasteiger partial charge on any atom is 0.188 e. The minimum atomic E-state index is -0.904. The number of phenols is 1. The molecule has 8 rings (SSSR count). The molecule has 0 aliphatic heterocycles. The number of nitrogens with zero attached hydrogens (tertiary/aromatic N) is 1. The summed E-state index contributed by atoms with van der Waals surface area (Å²) in [5.41, 5.74) is 17.4. The highest BCUT2D eigenvalue weighted by atomic mass is 16.5. The molecule has 5 aliphatic carbocycles. The van der Waals surface area contributed by atoms with Crippen LogP contribution in [0.25, 0.3) is 0 Å². The van der Waals surface area contributed by atoms with Crippen molar-refractivity contribution in [3.05, 3.63) is 82.1 Å². The summed E-state index contributed by atoms with van der Waals surface area (Å²) in [6, 6.07) is 9.80. The number of aromatic hydroxyl groups is 1. The molecule has 2 aromatic heterocycles. The second-order valence-electron chi connectivity index (χ2n) is 19.5. The first kappa shape index (κ1) is 46.2. The highest BCUT2D eigenvalue weighted by molar-refractivity contribution is 5.77. The minimum Gasteiger partial charge on any atom is -0.504 e. The first-order valence-corrected chi connectivity index (χ1v) is 23.8. The molecular weight excluding hydrogens is 781 g/mol. The standard InChI is InChI=1S/C50H76N6O6/c1-31(26-55-49(52)53-3)10-13-34-14-15-39(51)23-35(34)7-4-5-9-46-37(29-57)24-40(62-46)16-11-33-12-17-44(59)47(21-33)61-30-45(60)43-25-41-42(28-54-27-32(2)58)50-19-6-8-38(50)22-36(18-20-50)48(41)56-43/h12,17-18,20-21,24-25,31-32,34-36,38-39,42,45,54,56-60H,4-11,13-16,19,22-23,26-30,51H2,1-3H3,(H3,52,53,55). The van der Waals surface area contributed by atoms with Gasteiger partial charge in [0.15, 0.2) is 17.5 Å². The number of guanidine groups is 1. The van der Waals surface area contributed by atoms with Crippen LogP contribution in [0.1, 0.15) is 148 Å². The molecule has 2 fully saturated rings. The Morgan fingerprint density at radius 2 is 1.89 bits per heavy atom. The number of ether oxygens (including phenoxy) is 1. The van der Waals surface area contributed by atoms with Crippen molar-refractivity contribution < 1.29 is 29.6 Å². The maximum absolute atomic E-state index is 11.4. The molecule has 10 unspecified atom stereocenters. The van der Waals surface area contributed by atoms with E-state index in [1.54, 1.807) is 13.1 Å². The number of aliphatic imine (C=N–C) groups is 1. The molecule has 0 amide bonds. The van der Waals surface area contributed by atoms with E-state index in [1.807, 2.05) is 25.1 Å². The number of allylic oxidation sites excluding steroid dienone is 2. The second-order valence-corrected chi connectivity index (χ2v) is 19.5. The third kappa shape index (κ3) is 11.1. The van der Waals surface area contributed by atoms with Crippen LogP contribution in [0.15, 0.2) is 51.9 Å². The maximum atomic E-state index is 11.4. The number of rotatable bonds is 22. The fourth-order valence-corrected chi connectivity index (χ4v) is 11.6. The predicted octanol–water partition coefficient (Wildman–Crippen LogP) is 7.01. The Labute approximate surface area is 369 Å². The number of H-pyrrole nitrogens is 1. The number of unbranched alkanes of at least 4 members (excludes halogenated alkanes) is 1. The molecule has 1 aromatic carbocycles. The molecule has 3 aromatic rings. The van der Waals surface area contributed by atoms with E-state index < -0.39 is 12.2 Å².